The summed E-state index contributed by atoms with van der Waals surface area (Å²) in [5.74, 6) is 1.56. The van der Waals surface area contributed by atoms with Crippen molar-refractivity contribution >= 4 is 27.2 Å². The zero-order valence-electron chi connectivity index (χ0n) is 9.79. The van der Waals surface area contributed by atoms with Crippen molar-refractivity contribution in [1.29, 1.82) is 0 Å². The van der Waals surface area contributed by atoms with Crippen LogP contribution in [0.2, 0.25) is 0 Å². The maximum atomic E-state index is 5.58. The molecule has 0 amide bonds. The van der Waals surface area contributed by atoms with Gasteiger partial charge in [-0.15, -0.1) is 0 Å². The van der Waals surface area contributed by atoms with E-state index >= 15 is 0 Å². The van der Waals surface area contributed by atoms with Crippen LogP contribution in [0.5, 0.6) is 11.5 Å². The molecule has 0 saturated heterocycles. The van der Waals surface area contributed by atoms with Gasteiger partial charge in [0, 0.05) is 0 Å². The molecule has 0 aromatic heterocycles. The van der Waals surface area contributed by atoms with Gasteiger partial charge in [0.25, 0.3) is 0 Å². The monoisotopic (exact) mass is 393 g/mol. The number of ether oxygens (including phenoxy) is 3. The number of methoxy groups -OCH3 is 1. The Kier molecular flexibility index (Phi) is 7.09. The van der Waals surface area contributed by atoms with Crippen LogP contribution >= 0.6 is 22.6 Å². The summed E-state index contributed by atoms with van der Waals surface area (Å²) in [5, 5.41) is 0. The van der Waals surface area contributed by atoms with Gasteiger partial charge in [0.2, 0.25) is 0 Å². The molecule has 5 heteroatoms. The molecule has 1 rings (SSSR count). The standard InChI is InChI=1S/C12H15IO3.Co/c1-3-15-4-5-16-12-7-10(9-13)6-11(8-12)14-2;/h6-8H,3,5,9H2,1-2H3;. The van der Waals surface area contributed by atoms with Gasteiger partial charge in [-0.3, -0.25) is 0 Å². The third-order valence-corrected chi connectivity index (χ3v) is 3.15. The van der Waals surface area contributed by atoms with Gasteiger partial charge in [0.15, 0.2) is 0 Å². The minimum atomic E-state index is 0.335. The molecule has 0 bridgehead atoms. The summed E-state index contributed by atoms with van der Waals surface area (Å²) < 4.78 is 17.5. The van der Waals surface area contributed by atoms with Gasteiger partial charge in [-0.2, -0.15) is 0 Å². The first kappa shape index (κ1) is 14.9. The van der Waals surface area contributed by atoms with Crippen LogP contribution in [0.15, 0.2) is 18.2 Å². The van der Waals surface area contributed by atoms with E-state index in [9.17, 15) is 0 Å². The fourth-order valence-electron chi connectivity index (χ4n) is 1.24. The summed E-state index contributed by atoms with van der Waals surface area (Å²) in [4.78, 5) is 0. The fraction of sp³-hybridized carbons (Fsp3) is 0.417. The van der Waals surface area contributed by atoms with Crippen molar-refractivity contribution in [3.05, 3.63) is 23.8 Å². The van der Waals surface area contributed by atoms with E-state index in [-0.39, 0.29) is 0 Å². The van der Waals surface area contributed by atoms with Crippen molar-refractivity contribution in [3.63, 3.8) is 0 Å². The van der Waals surface area contributed by atoms with E-state index < -0.39 is 0 Å². The van der Waals surface area contributed by atoms with Gasteiger partial charge in [0.1, 0.15) is 0 Å². The molecule has 17 heavy (non-hydrogen) atoms. The number of rotatable bonds is 7. The summed E-state index contributed by atoms with van der Waals surface area (Å²) in [5.41, 5.74) is 1.16. The van der Waals surface area contributed by atoms with Crippen LogP contribution in [0.1, 0.15) is 12.5 Å². The van der Waals surface area contributed by atoms with E-state index in [1.54, 1.807) is 7.11 Å². The third-order valence-electron chi connectivity index (χ3n) is 1.97. The first-order valence-electron chi connectivity index (χ1n) is 5.18. The Hall–Kier alpha value is -0.114. The quantitative estimate of drug-likeness (QED) is 0.527. The Labute approximate surface area is 123 Å². The summed E-state index contributed by atoms with van der Waals surface area (Å²) in [6.07, 6.45) is 0. The van der Waals surface area contributed by atoms with Gasteiger partial charge in [0.05, 0.1) is 0 Å². The van der Waals surface area contributed by atoms with Gasteiger partial charge in [-0.05, 0) is 0 Å². The summed E-state index contributed by atoms with van der Waals surface area (Å²) >= 11 is 6.53. The van der Waals surface area contributed by atoms with Crippen molar-refractivity contribution in [2.24, 2.45) is 0 Å². The predicted molar refractivity (Wildman–Crippen MR) is 72.8 cm³/mol. The van der Waals surface area contributed by atoms with Crippen molar-refractivity contribution < 1.29 is 29.5 Å². The van der Waals surface area contributed by atoms with E-state index in [2.05, 4.69) is 37.9 Å². The molecule has 0 saturated carbocycles. The topological polar surface area (TPSA) is 27.7 Å². The second kappa shape index (κ2) is 8.07. The number of halogens is 1. The van der Waals surface area contributed by atoms with Crippen molar-refractivity contribution in [1.82, 2.24) is 0 Å². The maximum absolute atomic E-state index is 5.58. The molecular formula is C12H15CoIO3. The summed E-state index contributed by atoms with van der Waals surface area (Å²) in [6, 6.07) is 5.83. The predicted octanol–water partition coefficient (Wildman–Crippen LogP) is 2.72. The zero-order chi connectivity index (χ0) is 12.7. The molecular weight excluding hydrogens is 378 g/mol. The number of benzene rings is 1. The first-order chi connectivity index (χ1) is 8.19. The van der Waals surface area contributed by atoms with Crippen LogP contribution < -0.4 is 9.47 Å². The average molecular weight is 393 g/mol. The summed E-state index contributed by atoms with van der Waals surface area (Å²) in [6.45, 7) is 2.84. The van der Waals surface area contributed by atoms with Crippen LogP contribution in [0.3, 0.4) is 0 Å². The Morgan fingerprint density at radius 2 is 2.00 bits per heavy atom. The van der Waals surface area contributed by atoms with Crippen molar-refractivity contribution in [2.45, 2.75) is 11.4 Å². The van der Waals surface area contributed by atoms with Gasteiger partial charge in [-0.25, -0.2) is 0 Å². The molecule has 0 aliphatic heterocycles. The molecule has 0 N–H and O–H groups in total. The molecule has 3 nitrogen and oxygen atoms in total. The molecule has 97 valence electrons. The second-order valence-electron chi connectivity index (χ2n) is 3.20. The van der Waals surface area contributed by atoms with Crippen LogP contribution in [-0.4, -0.2) is 25.0 Å². The molecule has 0 aliphatic carbocycles. The Morgan fingerprint density at radius 3 is 2.59 bits per heavy atom. The van der Waals surface area contributed by atoms with Crippen LogP contribution in [0.25, 0.3) is 0 Å². The second-order valence-corrected chi connectivity index (χ2v) is 4.55. The third kappa shape index (κ3) is 5.37. The molecule has 1 aromatic rings. The van der Waals surface area contributed by atoms with Crippen LogP contribution in [0.4, 0.5) is 0 Å². The van der Waals surface area contributed by atoms with Crippen molar-refractivity contribution in [2.75, 3.05) is 20.3 Å². The molecule has 0 heterocycles. The fourth-order valence-corrected chi connectivity index (χ4v) is 1.90. The van der Waals surface area contributed by atoms with Crippen molar-refractivity contribution in [3.8, 4) is 11.5 Å². The molecule has 0 radical (unpaired) electrons. The van der Waals surface area contributed by atoms with E-state index in [4.69, 9.17) is 14.2 Å². The normalized spacial score (nSPS) is 10.1. The molecule has 0 atom stereocenters. The number of hydrogen-bond donors (Lipinski definition) is 0. The number of hydrogen-bond acceptors (Lipinski definition) is 3. The average Bonchev–Trinajstić information content (AvgIpc) is 2.36. The molecule has 0 fully saturated rings. The van der Waals surface area contributed by atoms with E-state index in [1.807, 2.05) is 25.1 Å². The van der Waals surface area contributed by atoms with E-state index in [0.29, 0.717) is 17.9 Å². The van der Waals surface area contributed by atoms with Gasteiger partial charge in [-0.1, -0.05) is 0 Å². The van der Waals surface area contributed by atoms with Crippen LogP contribution in [-0.2, 0) is 24.5 Å². The Balaban J connectivity index is 2.66. The van der Waals surface area contributed by atoms with Crippen LogP contribution in [0, 0.1) is 0 Å². The molecule has 0 unspecified atom stereocenters. The molecule has 0 spiro atoms. The Bertz CT molecular complexity index is 360. The number of alkyl halides is 1. The molecule has 0 aliphatic rings. The van der Waals surface area contributed by atoms with Gasteiger partial charge >= 0.3 is 124 Å². The SMILES string of the molecule is CCO[C](=[Co])COc1cc(CI)cc(OC)c1. The molecule has 1 aromatic carbocycles. The minimum absolute atomic E-state index is 0.335. The van der Waals surface area contributed by atoms with E-state index in [0.717, 1.165) is 21.5 Å². The van der Waals surface area contributed by atoms with E-state index in [1.165, 1.54) is 0 Å². The Morgan fingerprint density at radius 1 is 1.29 bits per heavy atom. The van der Waals surface area contributed by atoms with Gasteiger partial charge < -0.3 is 0 Å². The summed E-state index contributed by atoms with van der Waals surface area (Å²) in [7, 11) is 1.64. The first-order valence-corrected chi connectivity index (χ1v) is 7.22. The zero-order valence-corrected chi connectivity index (χ0v) is 13.0.